The van der Waals surface area contributed by atoms with Crippen LogP contribution in [0.3, 0.4) is 0 Å². The largest absolute Gasteiger partial charge is 0.465 e. The summed E-state index contributed by atoms with van der Waals surface area (Å²) < 4.78 is 4.88. The molecule has 2 N–H and O–H groups in total. The van der Waals surface area contributed by atoms with Crippen molar-refractivity contribution in [2.75, 3.05) is 19.0 Å². The van der Waals surface area contributed by atoms with Crippen LogP contribution in [0.2, 0.25) is 0 Å². The van der Waals surface area contributed by atoms with Gasteiger partial charge in [-0.25, -0.2) is 4.79 Å². The topological polar surface area (TPSA) is 91.5 Å². The van der Waals surface area contributed by atoms with E-state index in [-0.39, 0.29) is 11.8 Å². The van der Waals surface area contributed by atoms with Crippen molar-refractivity contribution in [3.63, 3.8) is 0 Å². The van der Waals surface area contributed by atoms with Crippen molar-refractivity contribution in [2.24, 2.45) is 0 Å². The molecule has 2 aromatic rings. The van der Waals surface area contributed by atoms with Gasteiger partial charge in [0.2, 0.25) is 5.91 Å². The SMILES string of the molecule is CCCc1c(C(=O)Nc2cccc(CN(CC)C(C)=O)c2)[nH]c(C)c1C(=O)OC. The predicted octanol–water partition coefficient (Wildman–Crippen LogP) is 3.68. The molecule has 2 amide bonds. The predicted molar refractivity (Wildman–Crippen MR) is 112 cm³/mol. The van der Waals surface area contributed by atoms with Gasteiger partial charge in [-0.3, -0.25) is 9.59 Å². The summed E-state index contributed by atoms with van der Waals surface area (Å²) in [5, 5.41) is 2.89. The fraction of sp³-hybridized carbons (Fsp3) is 0.409. The average Bonchev–Trinajstić information content (AvgIpc) is 3.02. The molecule has 0 fully saturated rings. The third kappa shape index (κ3) is 5.25. The molecule has 1 heterocycles. The number of aryl methyl sites for hydroxylation is 1. The Morgan fingerprint density at radius 3 is 2.52 bits per heavy atom. The van der Waals surface area contributed by atoms with Crippen molar-refractivity contribution in [3.8, 4) is 0 Å². The van der Waals surface area contributed by atoms with Gasteiger partial charge in [0, 0.05) is 31.4 Å². The number of nitrogens with zero attached hydrogens (tertiary/aromatic N) is 1. The maximum Gasteiger partial charge on any atom is 0.339 e. The molecule has 0 aliphatic carbocycles. The molecule has 2 rings (SSSR count). The van der Waals surface area contributed by atoms with E-state index in [0.717, 1.165) is 12.0 Å². The van der Waals surface area contributed by atoms with Gasteiger partial charge < -0.3 is 19.9 Å². The van der Waals surface area contributed by atoms with E-state index in [1.807, 2.05) is 32.0 Å². The van der Waals surface area contributed by atoms with E-state index in [2.05, 4.69) is 10.3 Å². The zero-order chi connectivity index (χ0) is 21.6. The van der Waals surface area contributed by atoms with Gasteiger partial charge in [0.25, 0.3) is 5.91 Å². The summed E-state index contributed by atoms with van der Waals surface area (Å²) in [5.41, 5.74) is 3.62. The number of aromatic amines is 1. The maximum atomic E-state index is 12.9. The quantitative estimate of drug-likeness (QED) is 0.663. The van der Waals surface area contributed by atoms with Crippen molar-refractivity contribution >= 4 is 23.5 Å². The molecule has 0 saturated heterocycles. The molecule has 0 aliphatic heterocycles. The van der Waals surface area contributed by atoms with Crippen molar-refractivity contribution in [2.45, 2.75) is 47.1 Å². The fourth-order valence-electron chi connectivity index (χ4n) is 3.36. The van der Waals surface area contributed by atoms with Gasteiger partial charge in [0.05, 0.1) is 12.7 Å². The van der Waals surface area contributed by atoms with E-state index >= 15 is 0 Å². The molecule has 0 radical (unpaired) electrons. The van der Waals surface area contributed by atoms with E-state index in [9.17, 15) is 14.4 Å². The summed E-state index contributed by atoms with van der Waals surface area (Å²) in [6.07, 6.45) is 1.37. The molecule has 1 aromatic heterocycles. The fourth-order valence-corrected chi connectivity index (χ4v) is 3.36. The first-order valence-electron chi connectivity index (χ1n) is 9.77. The van der Waals surface area contributed by atoms with E-state index in [0.29, 0.717) is 47.7 Å². The lowest BCUT2D eigenvalue weighted by Gasteiger charge is -2.19. The summed E-state index contributed by atoms with van der Waals surface area (Å²) in [7, 11) is 1.33. The second-order valence-electron chi connectivity index (χ2n) is 6.91. The van der Waals surface area contributed by atoms with Crippen molar-refractivity contribution in [3.05, 3.63) is 52.3 Å². The normalized spacial score (nSPS) is 10.5. The Morgan fingerprint density at radius 1 is 1.21 bits per heavy atom. The standard InChI is InChI=1S/C22H29N3O4/c1-6-9-18-19(22(28)29-5)14(3)23-20(18)21(27)24-17-11-8-10-16(12-17)13-25(7-2)15(4)26/h8,10-12,23H,6-7,9,13H2,1-5H3,(H,24,27). The Kier molecular flexibility index (Phi) is 7.59. The number of carbonyl (C=O) groups excluding carboxylic acids is 3. The third-order valence-corrected chi connectivity index (χ3v) is 4.79. The molecular weight excluding hydrogens is 370 g/mol. The first kappa shape index (κ1) is 22.2. The zero-order valence-corrected chi connectivity index (χ0v) is 17.7. The van der Waals surface area contributed by atoms with Crippen molar-refractivity contribution < 1.29 is 19.1 Å². The lowest BCUT2D eigenvalue weighted by molar-refractivity contribution is -0.129. The van der Waals surface area contributed by atoms with Gasteiger partial charge in [0.15, 0.2) is 0 Å². The summed E-state index contributed by atoms with van der Waals surface area (Å²) in [4.78, 5) is 41.5. The van der Waals surface area contributed by atoms with Crippen molar-refractivity contribution in [1.82, 2.24) is 9.88 Å². The molecule has 0 aliphatic rings. The highest BCUT2D eigenvalue weighted by Gasteiger charge is 2.24. The number of amides is 2. The molecule has 29 heavy (non-hydrogen) atoms. The molecule has 0 saturated carbocycles. The smallest absolute Gasteiger partial charge is 0.339 e. The number of rotatable bonds is 8. The number of hydrogen-bond acceptors (Lipinski definition) is 4. The molecular formula is C22H29N3O4. The van der Waals surface area contributed by atoms with Crippen LogP contribution < -0.4 is 5.32 Å². The third-order valence-electron chi connectivity index (χ3n) is 4.79. The summed E-state index contributed by atoms with van der Waals surface area (Å²) >= 11 is 0. The van der Waals surface area contributed by atoms with Gasteiger partial charge in [-0.05, 0) is 43.5 Å². The minimum Gasteiger partial charge on any atom is -0.465 e. The highest BCUT2D eigenvalue weighted by atomic mass is 16.5. The number of aromatic nitrogens is 1. The van der Waals surface area contributed by atoms with Gasteiger partial charge in [-0.2, -0.15) is 0 Å². The maximum absolute atomic E-state index is 12.9. The number of hydrogen-bond donors (Lipinski definition) is 2. The number of nitrogens with one attached hydrogen (secondary N) is 2. The van der Waals surface area contributed by atoms with Gasteiger partial charge in [-0.1, -0.05) is 25.5 Å². The van der Waals surface area contributed by atoms with Gasteiger partial charge in [-0.15, -0.1) is 0 Å². The number of carbonyl (C=O) groups is 3. The van der Waals surface area contributed by atoms with Crippen LogP contribution >= 0.6 is 0 Å². The molecule has 1 aromatic carbocycles. The van der Waals surface area contributed by atoms with Crippen LogP contribution in [-0.2, 0) is 22.5 Å². The first-order chi connectivity index (χ1) is 13.8. The van der Waals surface area contributed by atoms with E-state index < -0.39 is 5.97 Å². The lowest BCUT2D eigenvalue weighted by Crippen LogP contribution is -2.27. The Balaban J connectivity index is 2.28. The van der Waals surface area contributed by atoms with E-state index in [4.69, 9.17) is 4.74 Å². The van der Waals surface area contributed by atoms with Crippen LogP contribution in [0, 0.1) is 6.92 Å². The molecule has 156 valence electrons. The number of methoxy groups -OCH3 is 1. The second-order valence-corrected chi connectivity index (χ2v) is 6.91. The monoisotopic (exact) mass is 399 g/mol. The highest BCUT2D eigenvalue weighted by Crippen LogP contribution is 2.23. The van der Waals surface area contributed by atoms with E-state index in [1.165, 1.54) is 14.0 Å². The number of benzene rings is 1. The van der Waals surface area contributed by atoms with Crippen LogP contribution in [0.4, 0.5) is 5.69 Å². The molecule has 7 heteroatoms. The number of ether oxygens (including phenoxy) is 1. The Morgan fingerprint density at radius 2 is 1.93 bits per heavy atom. The summed E-state index contributed by atoms with van der Waals surface area (Å²) in [6.45, 7) is 8.30. The molecule has 0 atom stereocenters. The summed E-state index contributed by atoms with van der Waals surface area (Å²) in [5.74, 6) is -0.766. The van der Waals surface area contributed by atoms with Crippen LogP contribution in [0.15, 0.2) is 24.3 Å². The lowest BCUT2D eigenvalue weighted by atomic mass is 10.0. The van der Waals surface area contributed by atoms with Crippen LogP contribution in [0.5, 0.6) is 0 Å². The van der Waals surface area contributed by atoms with Crippen LogP contribution in [0.1, 0.15) is 64.9 Å². The summed E-state index contributed by atoms with van der Waals surface area (Å²) in [6, 6.07) is 7.39. The van der Waals surface area contributed by atoms with Gasteiger partial charge in [0.1, 0.15) is 5.69 Å². The molecule has 0 spiro atoms. The first-order valence-corrected chi connectivity index (χ1v) is 9.77. The zero-order valence-electron chi connectivity index (χ0n) is 17.7. The van der Waals surface area contributed by atoms with Crippen LogP contribution in [0.25, 0.3) is 0 Å². The van der Waals surface area contributed by atoms with Gasteiger partial charge >= 0.3 is 5.97 Å². The van der Waals surface area contributed by atoms with Crippen molar-refractivity contribution in [1.29, 1.82) is 0 Å². The average molecular weight is 399 g/mol. The molecule has 7 nitrogen and oxygen atoms in total. The Labute approximate surface area is 171 Å². The minimum absolute atomic E-state index is 0.00310. The Bertz CT molecular complexity index is 901. The molecule has 0 bridgehead atoms. The van der Waals surface area contributed by atoms with E-state index in [1.54, 1.807) is 17.9 Å². The number of H-pyrrole nitrogens is 1. The second kappa shape index (κ2) is 9.91. The number of esters is 1. The number of anilines is 1. The molecule has 0 unspecified atom stereocenters. The van der Waals surface area contributed by atoms with Crippen LogP contribution in [-0.4, -0.2) is 41.3 Å². The minimum atomic E-state index is -0.452. The highest BCUT2D eigenvalue weighted by molar-refractivity contribution is 6.07. The Hall–Kier alpha value is -3.09.